The van der Waals surface area contributed by atoms with E-state index in [1.165, 1.54) is 45.2 Å². The van der Waals surface area contributed by atoms with Gasteiger partial charge in [-0.25, -0.2) is 0 Å². The van der Waals surface area contributed by atoms with Crippen molar-refractivity contribution < 1.29 is 0 Å². The van der Waals surface area contributed by atoms with Gasteiger partial charge in [0.2, 0.25) is 0 Å². The van der Waals surface area contributed by atoms with E-state index in [4.69, 9.17) is 5.73 Å². The molecule has 2 fully saturated rings. The van der Waals surface area contributed by atoms with E-state index in [-0.39, 0.29) is 0 Å². The smallest absolute Gasteiger partial charge is 0.0243 e. The van der Waals surface area contributed by atoms with Gasteiger partial charge in [0.05, 0.1) is 0 Å². The van der Waals surface area contributed by atoms with Crippen molar-refractivity contribution in [3.8, 4) is 0 Å². The molecule has 3 atom stereocenters. The van der Waals surface area contributed by atoms with Gasteiger partial charge in [0.15, 0.2) is 0 Å². The van der Waals surface area contributed by atoms with Crippen molar-refractivity contribution in [1.29, 1.82) is 0 Å². The van der Waals surface area contributed by atoms with Crippen molar-refractivity contribution in [1.82, 2.24) is 10.2 Å². The summed E-state index contributed by atoms with van der Waals surface area (Å²) in [5, 5.41) is 3.82. The van der Waals surface area contributed by atoms with E-state index in [1.807, 2.05) is 0 Å². The van der Waals surface area contributed by atoms with E-state index in [0.717, 1.165) is 24.9 Å². The predicted molar refractivity (Wildman–Crippen MR) is 77.6 cm³/mol. The number of hydrogen-bond acceptors (Lipinski definition) is 3. The summed E-state index contributed by atoms with van der Waals surface area (Å²) >= 11 is 0. The fourth-order valence-electron chi connectivity index (χ4n) is 3.72. The Morgan fingerprint density at radius 3 is 2.50 bits per heavy atom. The molecular weight excluding hydrogens is 222 g/mol. The van der Waals surface area contributed by atoms with Gasteiger partial charge in [-0.15, -0.1) is 0 Å². The van der Waals surface area contributed by atoms with Gasteiger partial charge in [-0.3, -0.25) is 4.90 Å². The molecule has 0 spiro atoms. The SMILES string of the molecule is CC(C)C(CNC1CCCC1CN)N1CCCC1. The van der Waals surface area contributed by atoms with Crippen LogP contribution in [0.25, 0.3) is 0 Å². The van der Waals surface area contributed by atoms with Crippen molar-refractivity contribution in [2.24, 2.45) is 17.6 Å². The molecule has 1 heterocycles. The molecule has 0 bridgehead atoms. The van der Waals surface area contributed by atoms with Crippen molar-refractivity contribution in [2.45, 2.75) is 58.0 Å². The van der Waals surface area contributed by atoms with Gasteiger partial charge >= 0.3 is 0 Å². The molecule has 1 saturated heterocycles. The van der Waals surface area contributed by atoms with Gasteiger partial charge in [0.25, 0.3) is 0 Å². The van der Waals surface area contributed by atoms with Crippen LogP contribution in [0.15, 0.2) is 0 Å². The number of rotatable bonds is 6. The lowest BCUT2D eigenvalue weighted by molar-refractivity contribution is 0.178. The minimum absolute atomic E-state index is 0.679. The standard InChI is InChI=1S/C15H31N3/c1-12(2)15(18-8-3-4-9-18)11-17-14-7-5-6-13(14)10-16/h12-15,17H,3-11,16H2,1-2H3. The molecule has 0 amide bonds. The van der Waals surface area contributed by atoms with Gasteiger partial charge < -0.3 is 11.1 Å². The second kappa shape index (κ2) is 6.88. The van der Waals surface area contributed by atoms with Crippen molar-refractivity contribution in [2.75, 3.05) is 26.2 Å². The van der Waals surface area contributed by atoms with Crippen LogP contribution in [-0.2, 0) is 0 Å². The lowest BCUT2D eigenvalue weighted by Crippen LogP contribution is -2.48. The number of likely N-dealkylation sites (tertiary alicyclic amines) is 1. The van der Waals surface area contributed by atoms with E-state index in [9.17, 15) is 0 Å². The number of nitrogens with zero attached hydrogens (tertiary/aromatic N) is 1. The first-order valence-electron chi connectivity index (χ1n) is 7.90. The second-order valence-electron chi connectivity index (χ2n) is 6.50. The van der Waals surface area contributed by atoms with Crippen molar-refractivity contribution in [3.63, 3.8) is 0 Å². The normalized spacial score (nSPS) is 31.3. The summed E-state index contributed by atoms with van der Waals surface area (Å²) in [6, 6.07) is 1.39. The number of nitrogens with two attached hydrogens (primary N) is 1. The van der Waals surface area contributed by atoms with Crippen LogP contribution < -0.4 is 11.1 Å². The third-order valence-corrected chi connectivity index (χ3v) is 4.93. The first-order chi connectivity index (χ1) is 8.72. The monoisotopic (exact) mass is 253 g/mol. The Bertz CT molecular complexity index is 236. The van der Waals surface area contributed by atoms with E-state index < -0.39 is 0 Å². The molecule has 3 heteroatoms. The van der Waals surface area contributed by atoms with Gasteiger partial charge in [0, 0.05) is 18.6 Å². The summed E-state index contributed by atoms with van der Waals surface area (Å²) in [5.74, 6) is 1.46. The van der Waals surface area contributed by atoms with E-state index >= 15 is 0 Å². The highest BCUT2D eigenvalue weighted by Crippen LogP contribution is 2.25. The summed E-state index contributed by atoms with van der Waals surface area (Å²) in [6.45, 7) is 9.33. The molecular formula is C15H31N3. The Balaban J connectivity index is 1.81. The first-order valence-corrected chi connectivity index (χ1v) is 7.90. The molecule has 0 aromatic carbocycles. The highest BCUT2D eigenvalue weighted by Gasteiger charge is 2.29. The number of hydrogen-bond donors (Lipinski definition) is 2. The molecule has 1 aliphatic heterocycles. The minimum atomic E-state index is 0.679. The third-order valence-electron chi connectivity index (χ3n) is 4.93. The molecule has 2 aliphatic rings. The molecule has 1 saturated carbocycles. The van der Waals surface area contributed by atoms with Crippen molar-refractivity contribution in [3.05, 3.63) is 0 Å². The van der Waals surface area contributed by atoms with Crippen LogP contribution in [0.3, 0.4) is 0 Å². The Morgan fingerprint density at radius 1 is 1.17 bits per heavy atom. The third kappa shape index (κ3) is 3.46. The van der Waals surface area contributed by atoms with Crippen LogP contribution in [0.2, 0.25) is 0 Å². The largest absolute Gasteiger partial charge is 0.330 e. The topological polar surface area (TPSA) is 41.3 Å². The van der Waals surface area contributed by atoms with Crippen LogP contribution in [0.1, 0.15) is 46.0 Å². The van der Waals surface area contributed by atoms with Gasteiger partial charge in [-0.1, -0.05) is 20.3 Å². The van der Waals surface area contributed by atoms with E-state index in [2.05, 4.69) is 24.1 Å². The first kappa shape index (κ1) is 14.3. The van der Waals surface area contributed by atoms with Gasteiger partial charge in [-0.05, 0) is 57.2 Å². The van der Waals surface area contributed by atoms with E-state index in [1.54, 1.807) is 0 Å². The fourth-order valence-corrected chi connectivity index (χ4v) is 3.72. The van der Waals surface area contributed by atoms with Crippen molar-refractivity contribution >= 4 is 0 Å². The minimum Gasteiger partial charge on any atom is -0.330 e. The maximum atomic E-state index is 5.86. The van der Waals surface area contributed by atoms with E-state index in [0.29, 0.717) is 12.1 Å². The van der Waals surface area contributed by atoms with Crippen LogP contribution in [0.5, 0.6) is 0 Å². The summed E-state index contributed by atoms with van der Waals surface area (Å²) in [6.07, 6.45) is 6.78. The van der Waals surface area contributed by atoms with Crippen LogP contribution >= 0.6 is 0 Å². The molecule has 2 rings (SSSR count). The average Bonchev–Trinajstić information content (AvgIpc) is 2.99. The molecule has 0 aromatic rings. The van der Waals surface area contributed by atoms with Crippen LogP contribution in [0, 0.1) is 11.8 Å². The Hall–Kier alpha value is -0.120. The fraction of sp³-hybridized carbons (Fsp3) is 1.00. The average molecular weight is 253 g/mol. The Morgan fingerprint density at radius 2 is 1.89 bits per heavy atom. The highest BCUT2D eigenvalue weighted by molar-refractivity contribution is 4.87. The zero-order valence-electron chi connectivity index (χ0n) is 12.2. The quantitative estimate of drug-likeness (QED) is 0.759. The van der Waals surface area contributed by atoms with Gasteiger partial charge in [-0.2, -0.15) is 0 Å². The second-order valence-corrected chi connectivity index (χ2v) is 6.50. The van der Waals surface area contributed by atoms with Crippen LogP contribution in [-0.4, -0.2) is 43.2 Å². The molecule has 18 heavy (non-hydrogen) atoms. The van der Waals surface area contributed by atoms with Gasteiger partial charge in [0.1, 0.15) is 0 Å². The maximum Gasteiger partial charge on any atom is 0.0243 e. The highest BCUT2D eigenvalue weighted by atomic mass is 15.2. The maximum absolute atomic E-state index is 5.86. The molecule has 0 aromatic heterocycles. The zero-order chi connectivity index (χ0) is 13.0. The molecule has 3 unspecified atom stereocenters. The Kier molecular flexibility index (Phi) is 5.46. The summed E-state index contributed by atoms with van der Waals surface area (Å²) in [5.41, 5.74) is 5.86. The lowest BCUT2D eigenvalue weighted by Gasteiger charge is -2.33. The summed E-state index contributed by atoms with van der Waals surface area (Å²) < 4.78 is 0. The number of nitrogens with one attached hydrogen (secondary N) is 1. The lowest BCUT2D eigenvalue weighted by atomic mass is 10.00. The summed E-state index contributed by atoms with van der Waals surface area (Å²) in [7, 11) is 0. The molecule has 1 aliphatic carbocycles. The molecule has 3 nitrogen and oxygen atoms in total. The zero-order valence-corrected chi connectivity index (χ0v) is 12.2. The predicted octanol–water partition coefficient (Wildman–Crippen LogP) is 1.82. The molecule has 106 valence electrons. The van der Waals surface area contributed by atoms with Crippen LogP contribution in [0.4, 0.5) is 0 Å². The Labute approximate surface area is 112 Å². The summed E-state index contributed by atoms with van der Waals surface area (Å²) in [4.78, 5) is 2.68. The molecule has 3 N–H and O–H groups in total. The molecule has 0 radical (unpaired) electrons.